The minimum absolute atomic E-state index is 0.603. The van der Waals surface area contributed by atoms with E-state index in [1.807, 2.05) is 6.20 Å². The summed E-state index contributed by atoms with van der Waals surface area (Å²) in [6, 6.07) is 0. The second-order valence-electron chi connectivity index (χ2n) is 4.37. The van der Waals surface area contributed by atoms with E-state index in [0.717, 1.165) is 5.92 Å². The highest BCUT2D eigenvalue weighted by Gasteiger charge is 2.26. The van der Waals surface area contributed by atoms with Crippen LogP contribution in [0.4, 0.5) is 0 Å². The Balaban J connectivity index is 2.41. The molecular weight excluding hydrogens is 158 g/mol. The smallest absolute Gasteiger partial charge is 0.0305 e. The molecule has 1 aromatic heterocycles. The molecule has 1 aromatic rings. The molecule has 0 saturated heterocycles. The Kier molecular flexibility index (Phi) is 2.10. The largest absolute Gasteiger partial charge is 0.264 e. The van der Waals surface area contributed by atoms with Crippen molar-refractivity contribution in [3.05, 3.63) is 29.1 Å². The third-order valence-corrected chi connectivity index (χ3v) is 2.93. The van der Waals surface area contributed by atoms with Crippen LogP contribution in [0.3, 0.4) is 0 Å². The van der Waals surface area contributed by atoms with Gasteiger partial charge < -0.3 is 0 Å². The van der Waals surface area contributed by atoms with Crippen molar-refractivity contribution in [2.75, 3.05) is 0 Å². The van der Waals surface area contributed by atoms with Gasteiger partial charge in [0.1, 0.15) is 0 Å². The molecule has 0 amide bonds. The molecule has 0 unspecified atom stereocenters. The highest BCUT2D eigenvalue weighted by atomic mass is 14.6. The topological polar surface area (TPSA) is 12.9 Å². The molecule has 1 nitrogen and oxygen atoms in total. The predicted octanol–water partition coefficient (Wildman–Crippen LogP) is 3.39. The highest BCUT2D eigenvalue weighted by molar-refractivity contribution is 5.36. The standard InChI is InChI=1S/C12H17N/c1-8(2)11-6-13-7-12(9(11)3)10-4-5-10/h6-8,10H,4-5H2,1-3H3. The van der Waals surface area contributed by atoms with Crippen LogP contribution in [-0.2, 0) is 0 Å². The fourth-order valence-electron chi connectivity index (χ4n) is 1.95. The van der Waals surface area contributed by atoms with E-state index in [2.05, 4.69) is 32.0 Å². The van der Waals surface area contributed by atoms with E-state index >= 15 is 0 Å². The molecule has 1 saturated carbocycles. The van der Waals surface area contributed by atoms with Crippen LogP contribution in [0.15, 0.2) is 12.4 Å². The lowest BCUT2D eigenvalue weighted by Crippen LogP contribution is -1.97. The van der Waals surface area contributed by atoms with Gasteiger partial charge >= 0.3 is 0 Å². The maximum absolute atomic E-state index is 4.33. The van der Waals surface area contributed by atoms with E-state index in [0.29, 0.717) is 5.92 Å². The van der Waals surface area contributed by atoms with Gasteiger partial charge in [0.2, 0.25) is 0 Å². The normalized spacial score (nSPS) is 16.6. The quantitative estimate of drug-likeness (QED) is 0.671. The van der Waals surface area contributed by atoms with E-state index in [1.165, 1.54) is 29.5 Å². The lowest BCUT2D eigenvalue weighted by Gasteiger charge is -2.12. The summed E-state index contributed by atoms with van der Waals surface area (Å²) in [5.74, 6) is 1.43. The van der Waals surface area contributed by atoms with E-state index in [9.17, 15) is 0 Å². The van der Waals surface area contributed by atoms with Crippen LogP contribution in [0.2, 0.25) is 0 Å². The number of hydrogen-bond donors (Lipinski definition) is 0. The first-order chi connectivity index (χ1) is 6.20. The van der Waals surface area contributed by atoms with Crippen LogP contribution in [-0.4, -0.2) is 4.98 Å². The maximum atomic E-state index is 4.33. The lowest BCUT2D eigenvalue weighted by atomic mass is 9.95. The summed E-state index contributed by atoms with van der Waals surface area (Å²) >= 11 is 0. The Morgan fingerprint density at radius 2 is 2.00 bits per heavy atom. The molecule has 1 fully saturated rings. The Bertz CT molecular complexity index is 291. The molecule has 1 heteroatoms. The predicted molar refractivity (Wildman–Crippen MR) is 55.0 cm³/mol. The molecule has 0 spiro atoms. The van der Waals surface area contributed by atoms with Gasteiger partial charge in [-0.05, 0) is 48.3 Å². The average Bonchev–Trinajstić information content (AvgIpc) is 2.87. The second kappa shape index (κ2) is 3.13. The molecule has 0 aromatic carbocycles. The van der Waals surface area contributed by atoms with Crippen molar-refractivity contribution in [3.63, 3.8) is 0 Å². The molecule has 13 heavy (non-hydrogen) atoms. The van der Waals surface area contributed by atoms with Crippen molar-refractivity contribution in [2.24, 2.45) is 0 Å². The Morgan fingerprint density at radius 3 is 2.54 bits per heavy atom. The first-order valence-electron chi connectivity index (χ1n) is 5.14. The molecule has 1 aliphatic rings. The molecule has 2 rings (SSSR count). The Hall–Kier alpha value is -0.850. The third-order valence-electron chi connectivity index (χ3n) is 2.93. The van der Waals surface area contributed by atoms with Gasteiger partial charge in [0.15, 0.2) is 0 Å². The van der Waals surface area contributed by atoms with Crippen LogP contribution < -0.4 is 0 Å². The summed E-state index contributed by atoms with van der Waals surface area (Å²) in [6.45, 7) is 6.71. The number of aromatic nitrogens is 1. The zero-order valence-corrected chi connectivity index (χ0v) is 8.67. The number of hydrogen-bond acceptors (Lipinski definition) is 1. The molecule has 70 valence electrons. The lowest BCUT2D eigenvalue weighted by molar-refractivity contribution is 0.837. The van der Waals surface area contributed by atoms with Gasteiger partial charge in [-0.3, -0.25) is 4.98 Å². The van der Waals surface area contributed by atoms with E-state index in [1.54, 1.807) is 0 Å². The van der Waals surface area contributed by atoms with Crippen LogP contribution in [0.5, 0.6) is 0 Å². The molecule has 0 bridgehead atoms. The van der Waals surface area contributed by atoms with Crippen LogP contribution >= 0.6 is 0 Å². The monoisotopic (exact) mass is 175 g/mol. The number of nitrogens with zero attached hydrogens (tertiary/aromatic N) is 1. The molecular formula is C12H17N. The van der Waals surface area contributed by atoms with Gasteiger partial charge in [-0.25, -0.2) is 0 Å². The summed E-state index contributed by atoms with van der Waals surface area (Å²) in [5, 5.41) is 0. The van der Waals surface area contributed by atoms with Crippen LogP contribution in [0.25, 0.3) is 0 Å². The van der Waals surface area contributed by atoms with Gasteiger partial charge in [-0.2, -0.15) is 0 Å². The molecule has 0 N–H and O–H groups in total. The van der Waals surface area contributed by atoms with Crippen LogP contribution in [0.1, 0.15) is 55.2 Å². The number of pyridine rings is 1. The van der Waals surface area contributed by atoms with Gasteiger partial charge in [0.05, 0.1) is 0 Å². The summed E-state index contributed by atoms with van der Waals surface area (Å²) < 4.78 is 0. The first kappa shape index (κ1) is 8.74. The van der Waals surface area contributed by atoms with Crippen molar-refractivity contribution < 1.29 is 0 Å². The van der Waals surface area contributed by atoms with Crippen molar-refractivity contribution >= 4 is 0 Å². The second-order valence-corrected chi connectivity index (χ2v) is 4.37. The van der Waals surface area contributed by atoms with Crippen LogP contribution in [0, 0.1) is 6.92 Å². The number of rotatable bonds is 2. The minimum Gasteiger partial charge on any atom is -0.264 e. The maximum Gasteiger partial charge on any atom is 0.0305 e. The fourth-order valence-corrected chi connectivity index (χ4v) is 1.95. The Labute approximate surface area is 80.2 Å². The molecule has 0 atom stereocenters. The van der Waals surface area contributed by atoms with Gasteiger partial charge in [-0.1, -0.05) is 13.8 Å². The average molecular weight is 175 g/mol. The van der Waals surface area contributed by atoms with Gasteiger partial charge in [-0.15, -0.1) is 0 Å². The van der Waals surface area contributed by atoms with Gasteiger partial charge in [0.25, 0.3) is 0 Å². The zero-order chi connectivity index (χ0) is 9.42. The fraction of sp³-hybridized carbons (Fsp3) is 0.583. The zero-order valence-electron chi connectivity index (χ0n) is 8.67. The van der Waals surface area contributed by atoms with Crippen molar-refractivity contribution in [1.82, 2.24) is 4.98 Å². The SMILES string of the molecule is Cc1c(C(C)C)cncc1C1CC1. The summed E-state index contributed by atoms with van der Waals surface area (Å²) in [5.41, 5.74) is 4.39. The molecule has 1 heterocycles. The van der Waals surface area contributed by atoms with Crippen molar-refractivity contribution in [2.45, 2.75) is 45.4 Å². The minimum atomic E-state index is 0.603. The summed E-state index contributed by atoms with van der Waals surface area (Å²) in [7, 11) is 0. The molecule has 0 aliphatic heterocycles. The van der Waals surface area contributed by atoms with Crippen molar-refractivity contribution in [1.29, 1.82) is 0 Å². The Morgan fingerprint density at radius 1 is 1.31 bits per heavy atom. The summed E-state index contributed by atoms with van der Waals surface area (Å²) in [6.07, 6.45) is 6.80. The van der Waals surface area contributed by atoms with E-state index in [4.69, 9.17) is 0 Å². The third kappa shape index (κ3) is 1.60. The van der Waals surface area contributed by atoms with Gasteiger partial charge in [0, 0.05) is 12.4 Å². The highest BCUT2D eigenvalue weighted by Crippen LogP contribution is 2.42. The molecule has 1 aliphatic carbocycles. The summed E-state index contributed by atoms with van der Waals surface area (Å²) in [4.78, 5) is 4.33. The van der Waals surface area contributed by atoms with E-state index < -0.39 is 0 Å². The first-order valence-corrected chi connectivity index (χ1v) is 5.14. The van der Waals surface area contributed by atoms with Crippen molar-refractivity contribution in [3.8, 4) is 0 Å². The molecule has 0 radical (unpaired) electrons. The van der Waals surface area contributed by atoms with E-state index in [-0.39, 0.29) is 0 Å².